The number of Topliss-reactive ketones (excluding diaryl/α,β-unsaturated/α-hetero) is 1. The lowest BCUT2D eigenvalue weighted by Gasteiger charge is -2.45. The molecule has 0 bridgehead atoms. The van der Waals surface area contributed by atoms with Crippen LogP contribution in [0, 0.1) is 17.5 Å². The van der Waals surface area contributed by atoms with E-state index in [0.29, 0.717) is 12.1 Å². The lowest BCUT2D eigenvalue weighted by molar-refractivity contribution is -0.186. The Morgan fingerprint density at radius 1 is 1.00 bits per heavy atom. The van der Waals surface area contributed by atoms with Gasteiger partial charge in [0, 0.05) is 24.7 Å². The van der Waals surface area contributed by atoms with E-state index in [1.54, 1.807) is 6.20 Å². The smallest absolute Gasteiger partial charge is 0.194 e. The summed E-state index contributed by atoms with van der Waals surface area (Å²) in [4.78, 5) is 11.6. The Kier molecular flexibility index (Phi) is 10.3. The Balaban J connectivity index is 1.21. The SMILES string of the molecule is COC1C(SC2COCC(n3cc(-c4cccc(CC(C)=O)c4)nn3)C2O)OC(CO)C(O)C1n1cc(-c2cc(F)c(F)c(F)c2)nn1. The molecule has 0 radical (unpaired) electrons. The normalized spacial score (nSPS) is 27.7. The van der Waals surface area contributed by atoms with Crippen LogP contribution in [0.4, 0.5) is 13.2 Å². The van der Waals surface area contributed by atoms with E-state index in [9.17, 15) is 33.3 Å². The van der Waals surface area contributed by atoms with E-state index in [1.165, 1.54) is 41.4 Å². The highest BCUT2D eigenvalue weighted by atomic mass is 32.2. The van der Waals surface area contributed by atoms with Gasteiger partial charge in [0.2, 0.25) is 0 Å². The number of aromatic nitrogens is 6. The number of benzene rings is 2. The summed E-state index contributed by atoms with van der Waals surface area (Å²) in [6, 6.07) is 7.35. The molecule has 4 aromatic rings. The van der Waals surface area contributed by atoms with Crippen molar-refractivity contribution in [1.82, 2.24) is 30.0 Å². The Hall–Kier alpha value is -3.71. The van der Waals surface area contributed by atoms with Crippen molar-refractivity contribution in [2.75, 3.05) is 26.9 Å². The maximum atomic E-state index is 13.9. The zero-order valence-corrected chi connectivity index (χ0v) is 26.6. The first-order valence-corrected chi connectivity index (χ1v) is 16.0. The summed E-state index contributed by atoms with van der Waals surface area (Å²) in [5.74, 6) is -4.38. The molecule has 0 spiro atoms. The third kappa shape index (κ3) is 6.89. The second-order valence-corrected chi connectivity index (χ2v) is 13.0. The first-order valence-electron chi connectivity index (χ1n) is 15.0. The fraction of sp³-hybridized carbons (Fsp3) is 0.452. The topological polar surface area (TPSA) is 167 Å². The summed E-state index contributed by atoms with van der Waals surface area (Å²) < 4.78 is 61.8. The maximum absolute atomic E-state index is 13.9. The van der Waals surface area contributed by atoms with Gasteiger partial charge in [-0.15, -0.1) is 22.0 Å². The highest BCUT2D eigenvalue weighted by molar-refractivity contribution is 8.00. The molecule has 2 aromatic heterocycles. The Morgan fingerprint density at radius 3 is 2.38 bits per heavy atom. The molecule has 2 aromatic carbocycles. The van der Waals surface area contributed by atoms with Crippen molar-refractivity contribution in [2.24, 2.45) is 0 Å². The number of carbonyl (C=O) groups excluding carboxylic acids is 1. The number of hydrogen-bond acceptors (Lipinski definition) is 12. The van der Waals surface area contributed by atoms with Crippen LogP contribution in [0.5, 0.6) is 0 Å². The van der Waals surface area contributed by atoms with Crippen LogP contribution in [0.2, 0.25) is 0 Å². The third-order valence-electron chi connectivity index (χ3n) is 8.37. The molecule has 13 nitrogen and oxygen atoms in total. The lowest BCUT2D eigenvalue weighted by atomic mass is 9.97. The van der Waals surface area contributed by atoms with E-state index in [-0.39, 0.29) is 30.3 Å². The maximum Gasteiger partial charge on any atom is 0.194 e. The van der Waals surface area contributed by atoms with Crippen molar-refractivity contribution in [3.63, 3.8) is 0 Å². The molecule has 17 heteroatoms. The highest BCUT2D eigenvalue weighted by Gasteiger charge is 2.49. The second kappa shape index (κ2) is 14.4. The zero-order chi connectivity index (χ0) is 34.1. The van der Waals surface area contributed by atoms with Crippen LogP contribution in [-0.2, 0) is 25.4 Å². The number of methoxy groups -OCH3 is 1. The molecule has 256 valence electrons. The molecule has 6 rings (SSSR count). The van der Waals surface area contributed by atoms with E-state index in [2.05, 4.69) is 20.6 Å². The Labute approximate surface area is 276 Å². The van der Waals surface area contributed by atoms with Crippen LogP contribution in [0.1, 0.15) is 24.6 Å². The van der Waals surface area contributed by atoms with E-state index in [1.807, 2.05) is 24.3 Å². The van der Waals surface area contributed by atoms with Gasteiger partial charge in [0.05, 0.1) is 43.6 Å². The largest absolute Gasteiger partial charge is 0.394 e. The van der Waals surface area contributed by atoms with Crippen LogP contribution in [0.25, 0.3) is 22.5 Å². The summed E-state index contributed by atoms with van der Waals surface area (Å²) in [6.45, 7) is 1.24. The van der Waals surface area contributed by atoms with Gasteiger partial charge in [-0.05, 0) is 30.7 Å². The quantitative estimate of drug-likeness (QED) is 0.208. The lowest BCUT2D eigenvalue weighted by Crippen LogP contribution is -2.56. The van der Waals surface area contributed by atoms with Crippen molar-refractivity contribution in [3.05, 3.63) is 71.8 Å². The number of halogens is 3. The molecular formula is C31H33F3N6O7S. The van der Waals surface area contributed by atoms with Gasteiger partial charge in [0.15, 0.2) is 17.5 Å². The molecule has 2 fully saturated rings. The highest BCUT2D eigenvalue weighted by Crippen LogP contribution is 2.41. The van der Waals surface area contributed by atoms with E-state index in [0.717, 1.165) is 23.3 Å². The number of carbonyl (C=O) groups is 1. The standard InChI is InChI=1S/C31H33F3N6O7S/c1-15(42)6-16-4-3-5-17(7-16)21-10-39(37-35-21)23-13-46-14-25(28(23)43)48-31-30(45-2)27(29(44)24(12-41)47-31)40-11-22(36-38-40)18-8-19(32)26(34)20(33)9-18/h3-5,7-11,23-25,27-31,41,43-44H,6,12-14H2,1-2H3. The second-order valence-electron chi connectivity index (χ2n) is 11.7. The van der Waals surface area contributed by atoms with Gasteiger partial charge in [-0.25, -0.2) is 22.5 Å². The Bertz CT molecular complexity index is 1740. The third-order valence-corrected chi connectivity index (χ3v) is 9.78. The van der Waals surface area contributed by atoms with Gasteiger partial charge in [0.25, 0.3) is 0 Å². The number of nitrogens with zero attached hydrogens (tertiary/aromatic N) is 6. The molecule has 2 saturated heterocycles. The van der Waals surface area contributed by atoms with Crippen molar-refractivity contribution in [1.29, 1.82) is 0 Å². The number of ether oxygens (including phenoxy) is 3. The minimum Gasteiger partial charge on any atom is -0.394 e. The molecule has 2 aliphatic heterocycles. The van der Waals surface area contributed by atoms with E-state index in [4.69, 9.17) is 14.2 Å². The first kappa shape index (κ1) is 34.2. The predicted octanol–water partition coefficient (Wildman–Crippen LogP) is 2.12. The molecule has 0 saturated carbocycles. The molecule has 0 amide bonds. The fourth-order valence-corrected chi connectivity index (χ4v) is 7.45. The molecule has 48 heavy (non-hydrogen) atoms. The van der Waals surface area contributed by atoms with Gasteiger partial charge < -0.3 is 29.5 Å². The van der Waals surface area contributed by atoms with Gasteiger partial charge in [0.1, 0.15) is 53.0 Å². The number of aliphatic hydroxyl groups excluding tert-OH is 3. The van der Waals surface area contributed by atoms with Crippen molar-refractivity contribution in [3.8, 4) is 22.5 Å². The van der Waals surface area contributed by atoms with Crippen LogP contribution in [0.3, 0.4) is 0 Å². The molecule has 8 atom stereocenters. The molecule has 0 aliphatic carbocycles. The van der Waals surface area contributed by atoms with Gasteiger partial charge in [-0.2, -0.15) is 0 Å². The zero-order valence-electron chi connectivity index (χ0n) is 25.8. The predicted molar refractivity (Wildman–Crippen MR) is 164 cm³/mol. The monoisotopic (exact) mass is 690 g/mol. The van der Waals surface area contributed by atoms with Crippen molar-refractivity contribution in [2.45, 2.75) is 60.5 Å². The number of aliphatic hydroxyl groups is 3. The summed E-state index contributed by atoms with van der Waals surface area (Å²) in [6.07, 6.45) is -1.05. The fourth-order valence-electron chi connectivity index (χ4n) is 5.96. The summed E-state index contributed by atoms with van der Waals surface area (Å²) >= 11 is 1.18. The van der Waals surface area contributed by atoms with E-state index >= 15 is 0 Å². The molecular weight excluding hydrogens is 657 g/mol. The number of hydrogen-bond donors (Lipinski definition) is 3. The summed E-state index contributed by atoms with van der Waals surface area (Å²) in [7, 11) is 1.39. The van der Waals surface area contributed by atoms with Crippen LogP contribution in [-0.4, -0.2) is 113 Å². The minimum absolute atomic E-state index is 0.00261. The number of thioether (sulfide) groups is 1. The average Bonchev–Trinajstić information content (AvgIpc) is 3.76. The summed E-state index contributed by atoms with van der Waals surface area (Å²) in [5.41, 5.74) is 1.22. The molecule has 8 unspecified atom stereocenters. The summed E-state index contributed by atoms with van der Waals surface area (Å²) in [5, 5.41) is 48.7. The van der Waals surface area contributed by atoms with Crippen LogP contribution >= 0.6 is 11.8 Å². The number of rotatable bonds is 10. The molecule has 2 aliphatic rings. The van der Waals surface area contributed by atoms with Gasteiger partial charge in [-0.3, -0.25) is 4.79 Å². The average molecular weight is 691 g/mol. The van der Waals surface area contributed by atoms with E-state index < -0.39 is 71.2 Å². The molecule has 3 N–H and O–H groups in total. The minimum atomic E-state index is -1.62. The van der Waals surface area contributed by atoms with Crippen molar-refractivity contribution < 1.29 is 47.5 Å². The van der Waals surface area contributed by atoms with Crippen LogP contribution < -0.4 is 0 Å². The first-order chi connectivity index (χ1) is 23.1. The van der Waals surface area contributed by atoms with Crippen LogP contribution in [0.15, 0.2) is 48.8 Å². The van der Waals surface area contributed by atoms with Crippen molar-refractivity contribution >= 4 is 17.5 Å². The molecule has 4 heterocycles. The Morgan fingerprint density at radius 2 is 1.69 bits per heavy atom. The van der Waals surface area contributed by atoms with Gasteiger partial charge in [-0.1, -0.05) is 28.6 Å². The number of ketones is 1. The van der Waals surface area contributed by atoms with Gasteiger partial charge >= 0.3 is 0 Å².